The second kappa shape index (κ2) is 8.25. The minimum atomic E-state index is 0.728. The van der Waals surface area contributed by atoms with E-state index in [1.165, 1.54) is 19.3 Å². The van der Waals surface area contributed by atoms with Gasteiger partial charge in [0.15, 0.2) is 0 Å². The molecule has 1 N–H and O–H groups in total. The van der Waals surface area contributed by atoms with Gasteiger partial charge in [-0.3, -0.25) is 0 Å². The Morgan fingerprint density at radius 2 is 2.00 bits per heavy atom. The lowest BCUT2D eigenvalue weighted by molar-refractivity contribution is 0.635. The van der Waals surface area contributed by atoms with Gasteiger partial charge >= 0.3 is 0 Å². The number of alkyl halides is 1. The fraction of sp³-hybridized carbons (Fsp3) is 1.00. The third-order valence-corrected chi connectivity index (χ3v) is 1.42. The molecule has 0 unspecified atom stereocenters. The maximum atomic E-state index is 5.45. The Hall–Kier alpha value is 0.250. The van der Waals surface area contributed by atoms with E-state index in [0.29, 0.717) is 0 Å². The van der Waals surface area contributed by atoms with Crippen LogP contribution in [0.5, 0.6) is 0 Å². The smallest absolute Gasteiger partial charge is 0.0348 e. The van der Waals surface area contributed by atoms with Crippen molar-refractivity contribution in [1.82, 2.24) is 5.32 Å². The van der Waals surface area contributed by atoms with Crippen LogP contribution in [0.15, 0.2) is 0 Å². The summed E-state index contributed by atoms with van der Waals surface area (Å²) in [6, 6.07) is 0. The lowest BCUT2D eigenvalue weighted by Crippen LogP contribution is -2.17. The van der Waals surface area contributed by atoms with Crippen molar-refractivity contribution in [1.29, 1.82) is 0 Å². The van der Waals surface area contributed by atoms with Crippen molar-refractivity contribution in [3.8, 4) is 0 Å². The fourth-order valence-electron chi connectivity index (χ4n) is 0.692. The van der Waals surface area contributed by atoms with Gasteiger partial charge in [0.25, 0.3) is 0 Å². The number of halogens is 1. The van der Waals surface area contributed by atoms with Gasteiger partial charge in [-0.05, 0) is 13.0 Å². The number of hydrogen-bond acceptors (Lipinski definition) is 1. The monoisotopic (exact) mass is 149 g/mol. The molecule has 2 heteroatoms. The second-order valence-electron chi connectivity index (χ2n) is 2.15. The van der Waals surface area contributed by atoms with Crippen LogP contribution in [-0.4, -0.2) is 19.0 Å². The van der Waals surface area contributed by atoms with Crippen molar-refractivity contribution >= 4 is 11.6 Å². The van der Waals surface area contributed by atoms with E-state index in [9.17, 15) is 0 Å². The van der Waals surface area contributed by atoms with Crippen LogP contribution in [0.25, 0.3) is 0 Å². The van der Waals surface area contributed by atoms with Crippen molar-refractivity contribution < 1.29 is 0 Å². The largest absolute Gasteiger partial charge is 0.316 e. The summed E-state index contributed by atoms with van der Waals surface area (Å²) in [5.41, 5.74) is 0. The Labute approximate surface area is 62.8 Å². The molecule has 0 saturated carbocycles. The van der Waals surface area contributed by atoms with E-state index >= 15 is 0 Å². The van der Waals surface area contributed by atoms with E-state index in [-0.39, 0.29) is 0 Å². The van der Waals surface area contributed by atoms with E-state index in [2.05, 4.69) is 12.2 Å². The van der Waals surface area contributed by atoms with Crippen LogP contribution < -0.4 is 5.32 Å². The average molecular weight is 150 g/mol. The van der Waals surface area contributed by atoms with Gasteiger partial charge in [0.2, 0.25) is 0 Å². The first kappa shape index (κ1) is 9.25. The zero-order chi connectivity index (χ0) is 6.95. The molecule has 0 spiro atoms. The Morgan fingerprint density at radius 3 is 2.56 bits per heavy atom. The molecule has 9 heavy (non-hydrogen) atoms. The third-order valence-electron chi connectivity index (χ3n) is 1.23. The van der Waals surface area contributed by atoms with Gasteiger partial charge in [-0.1, -0.05) is 19.8 Å². The van der Waals surface area contributed by atoms with E-state index < -0.39 is 0 Å². The van der Waals surface area contributed by atoms with Gasteiger partial charge in [0.1, 0.15) is 0 Å². The number of nitrogens with one attached hydrogen (secondary N) is 1. The van der Waals surface area contributed by atoms with Gasteiger partial charge in [-0.15, -0.1) is 11.6 Å². The standard InChI is InChI=1S/C7H16ClN/c1-2-3-4-6-9-7-5-8/h9H,2-7H2,1H3. The molecule has 0 aromatic rings. The maximum absolute atomic E-state index is 5.45. The van der Waals surface area contributed by atoms with Gasteiger partial charge in [-0.2, -0.15) is 0 Å². The zero-order valence-electron chi connectivity index (χ0n) is 6.12. The molecule has 0 fully saturated rings. The van der Waals surface area contributed by atoms with Gasteiger partial charge in [0.05, 0.1) is 0 Å². The molecule has 0 rings (SSSR count). The summed E-state index contributed by atoms with van der Waals surface area (Å²) in [5.74, 6) is 0.728. The number of unbranched alkanes of at least 4 members (excludes halogenated alkanes) is 2. The number of hydrogen-bond donors (Lipinski definition) is 1. The molecular formula is C7H16ClN. The van der Waals surface area contributed by atoms with Crippen LogP contribution in [0.1, 0.15) is 26.2 Å². The van der Waals surface area contributed by atoms with Crippen molar-refractivity contribution in [2.45, 2.75) is 26.2 Å². The van der Waals surface area contributed by atoms with Crippen molar-refractivity contribution in [2.75, 3.05) is 19.0 Å². The van der Waals surface area contributed by atoms with Crippen molar-refractivity contribution in [3.05, 3.63) is 0 Å². The van der Waals surface area contributed by atoms with Crippen LogP contribution in [-0.2, 0) is 0 Å². The molecule has 0 saturated heterocycles. The first-order valence-electron chi connectivity index (χ1n) is 3.68. The SMILES string of the molecule is CCCCCNCCCl. The third kappa shape index (κ3) is 8.25. The highest BCUT2D eigenvalue weighted by Crippen LogP contribution is 1.90. The summed E-state index contributed by atoms with van der Waals surface area (Å²) in [4.78, 5) is 0. The van der Waals surface area contributed by atoms with Crippen LogP contribution in [0.2, 0.25) is 0 Å². The van der Waals surface area contributed by atoms with E-state index in [1.807, 2.05) is 0 Å². The van der Waals surface area contributed by atoms with E-state index in [1.54, 1.807) is 0 Å². The summed E-state index contributed by atoms with van der Waals surface area (Å²) in [6.07, 6.45) is 3.91. The second-order valence-corrected chi connectivity index (χ2v) is 2.52. The highest BCUT2D eigenvalue weighted by atomic mass is 35.5. The predicted octanol–water partition coefficient (Wildman–Crippen LogP) is 2.00. The summed E-state index contributed by atoms with van der Waals surface area (Å²) in [5, 5.41) is 3.24. The normalized spacial score (nSPS) is 10.0. The highest BCUT2D eigenvalue weighted by molar-refractivity contribution is 6.18. The van der Waals surface area contributed by atoms with Gasteiger partial charge in [-0.25, -0.2) is 0 Å². The zero-order valence-corrected chi connectivity index (χ0v) is 6.88. The highest BCUT2D eigenvalue weighted by Gasteiger charge is 1.84. The van der Waals surface area contributed by atoms with Crippen LogP contribution in [0.3, 0.4) is 0 Å². The van der Waals surface area contributed by atoms with Crippen molar-refractivity contribution in [2.24, 2.45) is 0 Å². The Bertz CT molecular complexity index is 42.2. The molecule has 0 atom stereocenters. The van der Waals surface area contributed by atoms with E-state index in [0.717, 1.165) is 19.0 Å². The summed E-state index contributed by atoms with van der Waals surface area (Å²) < 4.78 is 0. The molecule has 0 aliphatic carbocycles. The number of rotatable bonds is 6. The molecule has 0 heterocycles. The molecule has 0 amide bonds. The van der Waals surface area contributed by atoms with Gasteiger partial charge < -0.3 is 5.32 Å². The average Bonchev–Trinajstić information content (AvgIpc) is 1.89. The molecule has 0 aliphatic heterocycles. The maximum Gasteiger partial charge on any atom is 0.0348 e. The molecule has 0 aromatic carbocycles. The molecule has 0 radical (unpaired) electrons. The van der Waals surface area contributed by atoms with Crippen LogP contribution >= 0.6 is 11.6 Å². The van der Waals surface area contributed by atoms with Crippen molar-refractivity contribution in [3.63, 3.8) is 0 Å². The lowest BCUT2D eigenvalue weighted by atomic mass is 10.2. The Morgan fingerprint density at radius 1 is 1.22 bits per heavy atom. The topological polar surface area (TPSA) is 12.0 Å². The Kier molecular flexibility index (Phi) is 8.48. The molecular weight excluding hydrogens is 134 g/mol. The van der Waals surface area contributed by atoms with Crippen LogP contribution in [0.4, 0.5) is 0 Å². The summed E-state index contributed by atoms with van der Waals surface area (Å²) in [7, 11) is 0. The summed E-state index contributed by atoms with van der Waals surface area (Å²) >= 11 is 5.45. The minimum absolute atomic E-state index is 0.728. The Balaban J connectivity index is 2.60. The van der Waals surface area contributed by atoms with Gasteiger partial charge in [0, 0.05) is 12.4 Å². The molecule has 0 aromatic heterocycles. The molecule has 56 valence electrons. The first-order valence-corrected chi connectivity index (χ1v) is 4.22. The summed E-state index contributed by atoms with van der Waals surface area (Å²) in [6.45, 7) is 4.29. The first-order chi connectivity index (χ1) is 4.41. The molecule has 1 nitrogen and oxygen atoms in total. The molecule has 0 aliphatic rings. The quantitative estimate of drug-likeness (QED) is 0.450. The minimum Gasteiger partial charge on any atom is -0.316 e. The predicted molar refractivity (Wildman–Crippen MR) is 43.1 cm³/mol. The van der Waals surface area contributed by atoms with Crippen LogP contribution in [0, 0.1) is 0 Å². The molecule has 0 bridgehead atoms. The lowest BCUT2D eigenvalue weighted by Gasteiger charge is -1.99. The fourth-order valence-corrected chi connectivity index (χ4v) is 0.825. The van der Waals surface area contributed by atoms with E-state index in [4.69, 9.17) is 11.6 Å².